The van der Waals surface area contributed by atoms with E-state index in [4.69, 9.17) is 16.3 Å². The van der Waals surface area contributed by atoms with Crippen LogP contribution in [0, 0.1) is 0 Å². The monoisotopic (exact) mass is 290 g/mol. The minimum atomic E-state index is 0.619. The summed E-state index contributed by atoms with van der Waals surface area (Å²) < 4.78 is 5.55. The molecule has 2 aromatic rings. The summed E-state index contributed by atoms with van der Waals surface area (Å²) in [5, 5.41) is 1.71. The Morgan fingerprint density at radius 2 is 2.05 bits per heavy atom. The Kier molecular flexibility index (Phi) is 4.08. The smallest absolute Gasteiger partial charge is 0.134 e. The minimum Gasteiger partial charge on any atom is -0.494 e. The van der Waals surface area contributed by atoms with Gasteiger partial charge in [-0.05, 0) is 57.1 Å². The Morgan fingerprint density at radius 3 is 2.80 bits per heavy atom. The Morgan fingerprint density at radius 1 is 1.25 bits per heavy atom. The molecule has 0 aliphatic carbocycles. The molecule has 2 heterocycles. The largest absolute Gasteiger partial charge is 0.494 e. The Balaban J connectivity index is 1.92. The molecule has 3 rings (SSSR count). The molecule has 1 saturated heterocycles. The molecule has 20 heavy (non-hydrogen) atoms. The lowest BCUT2D eigenvalue weighted by atomic mass is 10.1. The molecule has 1 aliphatic rings. The molecule has 0 radical (unpaired) electrons. The number of pyridine rings is 1. The van der Waals surface area contributed by atoms with Crippen molar-refractivity contribution in [3.8, 4) is 5.75 Å². The number of likely N-dealkylation sites (tertiary alicyclic amines) is 1. The fourth-order valence-corrected chi connectivity index (χ4v) is 2.93. The van der Waals surface area contributed by atoms with Gasteiger partial charge in [0.25, 0.3) is 0 Å². The van der Waals surface area contributed by atoms with Crippen LogP contribution in [0.3, 0.4) is 0 Å². The quantitative estimate of drug-likeness (QED) is 0.799. The van der Waals surface area contributed by atoms with E-state index in [0.717, 1.165) is 41.9 Å². The number of aromatic nitrogens is 1. The zero-order valence-corrected chi connectivity index (χ0v) is 12.5. The zero-order valence-electron chi connectivity index (χ0n) is 11.7. The molecule has 0 N–H and O–H groups in total. The number of hydrogen-bond acceptors (Lipinski definition) is 3. The van der Waals surface area contributed by atoms with E-state index >= 15 is 0 Å². The first-order valence-corrected chi connectivity index (χ1v) is 7.58. The number of rotatable bonds is 4. The van der Waals surface area contributed by atoms with Crippen LogP contribution >= 0.6 is 11.6 Å². The summed E-state index contributed by atoms with van der Waals surface area (Å²) in [6, 6.07) is 8.09. The summed E-state index contributed by atoms with van der Waals surface area (Å²) in [6.45, 7) is 5.87. The van der Waals surface area contributed by atoms with E-state index < -0.39 is 0 Å². The summed E-state index contributed by atoms with van der Waals surface area (Å²) in [4.78, 5) is 6.93. The van der Waals surface area contributed by atoms with Gasteiger partial charge in [0.15, 0.2) is 0 Å². The highest BCUT2D eigenvalue weighted by atomic mass is 35.5. The second kappa shape index (κ2) is 5.98. The second-order valence-corrected chi connectivity index (χ2v) is 5.57. The number of fused-ring (bicyclic) bond motifs is 1. The van der Waals surface area contributed by atoms with Crippen molar-refractivity contribution in [3.63, 3.8) is 0 Å². The van der Waals surface area contributed by atoms with Gasteiger partial charge in [-0.1, -0.05) is 11.6 Å². The highest BCUT2D eigenvalue weighted by molar-refractivity contribution is 6.30. The number of benzene rings is 1. The third-order valence-electron chi connectivity index (χ3n) is 3.72. The van der Waals surface area contributed by atoms with Gasteiger partial charge >= 0.3 is 0 Å². The number of halogens is 1. The van der Waals surface area contributed by atoms with Crippen molar-refractivity contribution < 1.29 is 4.74 Å². The van der Waals surface area contributed by atoms with Crippen LogP contribution in [-0.4, -0.2) is 29.6 Å². The lowest BCUT2D eigenvalue weighted by Crippen LogP contribution is -2.18. The van der Waals surface area contributed by atoms with Crippen LogP contribution in [-0.2, 0) is 6.54 Å². The van der Waals surface area contributed by atoms with Crippen LogP contribution in [0.5, 0.6) is 5.75 Å². The number of nitrogens with zero attached hydrogens (tertiary/aromatic N) is 2. The van der Waals surface area contributed by atoms with E-state index in [1.165, 1.54) is 12.8 Å². The molecule has 4 heteroatoms. The summed E-state index contributed by atoms with van der Waals surface area (Å²) in [5.74, 6) is 0.885. The van der Waals surface area contributed by atoms with E-state index in [1.807, 2.05) is 25.1 Å². The maximum Gasteiger partial charge on any atom is 0.134 e. The zero-order chi connectivity index (χ0) is 13.9. The average Bonchev–Trinajstić information content (AvgIpc) is 2.93. The molecular weight excluding hydrogens is 272 g/mol. The molecule has 1 aromatic heterocycles. The van der Waals surface area contributed by atoms with E-state index in [1.54, 1.807) is 0 Å². The molecule has 0 atom stereocenters. The molecule has 0 unspecified atom stereocenters. The number of hydrogen-bond donors (Lipinski definition) is 0. The molecule has 1 fully saturated rings. The molecule has 0 amide bonds. The summed E-state index contributed by atoms with van der Waals surface area (Å²) in [6.07, 6.45) is 2.57. The second-order valence-electron chi connectivity index (χ2n) is 5.21. The molecule has 106 valence electrons. The van der Waals surface area contributed by atoms with Crippen LogP contribution in [0.15, 0.2) is 24.3 Å². The Hall–Kier alpha value is -1.32. The van der Waals surface area contributed by atoms with Crippen molar-refractivity contribution in [1.29, 1.82) is 0 Å². The number of ether oxygens (including phenoxy) is 1. The van der Waals surface area contributed by atoms with Gasteiger partial charge in [0.05, 0.1) is 12.1 Å². The molecular formula is C16H19ClN2O. The van der Waals surface area contributed by atoms with Crippen LogP contribution in [0.25, 0.3) is 10.9 Å². The van der Waals surface area contributed by atoms with Crippen LogP contribution in [0.2, 0.25) is 5.15 Å². The lowest BCUT2D eigenvalue weighted by molar-refractivity contribution is 0.331. The normalized spacial score (nSPS) is 15.9. The van der Waals surface area contributed by atoms with E-state index in [0.29, 0.717) is 11.8 Å². The van der Waals surface area contributed by atoms with Gasteiger partial charge in [-0.15, -0.1) is 0 Å². The van der Waals surface area contributed by atoms with E-state index in [9.17, 15) is 0 Å². The maximum absolute atomic E-state index is 6.31. The Labute approximate surface area is 124 Å². The molecule has 1 aromatic carbocycles. The van der Waals surface area contributed by atoms with Crippen LogP contribution in [0.4, 0.5) is 0 Å². The fraction of sp³-hybridized carbons (Fsp3) is 0.438. The van der Waals surface area contributed by atoms with Crippen molar-refractivity contribution in [2.24, 2.45) is 0 Å². The third-order valence-corrected chi connectivity index (χ3v) is 4.04. The Bertz CT molecular complexity index is 609. The van der Waals surface area contributed by atoms with Gasteiger partial charge in [0.2, 0.25) is 0 Å². The topological polar surface area (TPSA) is 25.4 Å². The molecule has 0 saturated carbocycles. The molecule has 3 nitrogen and oxygen atoms in total. The van der Waals surface area contributed by atoms with Gasteiger partial charge in [0, 0.05) is 17.5 Å². The summed E-state index contributed by atoms with van der Waals surface area (Å²) in [5.41, 5.74) is 2.03. The van der Waals surface area contributed by atoms with Crippen molar-refractivity contribution in [1.82, 2.24) is 9.88 Å². The first-order valence-electron chi connectivity index (χ1n) is 7.20. The SMILES string of the molecule is CCOc1ccc2nc(Cl)c(CN3CCCC3)cc2c1. The molecule has 1 aliphatic heterocycles. The fourth-order valence-electron chi connectivity index (χ4n) is 2.72. The van der Waals surface area contributed by atoms with Crippen molar-refractivity contribution >= 4 is 22.5 Å². The van der Waals surface area contributed by atoms with Gasteiger partial charge in [-0.2, -0.15) is 0 Å². The van der Waals surface area contributed by atoms with Gasteiger partial charge in [0.1, 0.15) is 10.9 Å². The van der Waals surface area contributed by atoms with Gasteiger partial charge in [-0.25, -0.2) is 4.98 Å². The average molecular weight is 291 g/mol. The molecule has 0 spiro atoms. The van der Waals surface area contributed by atoms with Gasteiger partial charge < -0.3 is 4.74 Å². The first-order chi connectivity index (χ1) is 9.76. The van der Waals surface area contributed by atoms with Crippen LogP contribution in [0.1, 0.15) is 25.3 Å². The predicted molar refractivity (Wildman–Crippen MR) is 82.4 cm³/mol. The summed E-state index contributed by atoms with van der Waals surface area (Å²) >= 11 is 6.31. The lowest BCUT2D eigenvalue weighted by Gasteiger charge is -2.16. The van der Waals surface area contributed by atoms with Crippen molar-refractivity contribution in [3.05, 3.63) is 35.0 Å². The van der Waals surface area contributed by atoms with Crippen molar-refractivity contribution in [2.45, 2.75) is 26.3 Å². The van der Waals surface area contributed by atoms with E-state index in [2.05, 4.69) is 16.0 Å². The first kappa shape index (κ1) is 13.7. The highest BCUT2D eigenvalue weighted by Gasteiger charge is 2.14. The standard InChI is InChI=1S/C16H19ClN2O/c1-2-20-14-5-6-15-12(10-14)9-13(16(17)18-15)11-19-7-3-4-8-19/h5-6,9-10H,2-4,7-8,11H2,1H3. The summed E-state index contributed by atoms with van der Waals surface area (Å²) in [7, 11) is 0. The predicted octanol–water partition coefficient (Wildman–Crippen LogP) is 3.88. The minimum absolute atomic E-state index is 0.619. The highest BCUT2D eigenvalue weighted by Crippen LogP contribution is 2.26. The van der Waals surface area contributed by atoms with Gasteiger partial charge in [-0.3, -0.25) is 4.90 Å². The van der Waals surface area contributed by atoms with Crippen molar-refractivity contribution in [2.75, 3.05) is 19.7 Å². The van der Waals surface area contributed by atoms with Crippen LogP contribution < -0.4 is 4.74 Å². The van der Waals surface area contributed by atoms with E-state index in [-0.39, 0.29) is 0 Å². The molecule has 0 bridgehead atoms. The maximum atomic E-state index is 6.31. The third kappa shape index (κ3) is 2.89.